The molecule has 0 aliphatic heterocycles. The van der Waals surface area contributed by atoms with Crippen LogP contribution in [0.4, 0.5) is 0 Å². The van der Waals surface area contributed by atoms with Crippen LogP contribution in [-0.4, -0.2) is 22.5 Å². The molecule has 0 aromatic rings. The van der Waals surface area contributed by atoms with E-state index in [4.69, 9.17) is 8.85 Å². The SMILES string of the molecule is CCC(C)[Si](OCC(C)C)OCC(C)C. The van der Waals surface area contributed by atoms with Gasteiger partial charge in [0.25, 0.3) is 0 Å². The predicted molar refractivity (Wildman–Crippen MR) is 67.0 cm³/mol. The van der Waals surface area contributed by atoms with Crippen molar-refractivity contribution in [2.24, 2.45) is 11.8 Å². The van der Waals surface area contributed by atoms with E-state index in [1.165, 1.54) is 0 Å². The maximum absolute atomic E-state index is 5.89. The standard InChI is InChI=1S/C12H27O2Si/c1-7-12(6)15(13-8-10(2)3)14-9-11(4)5/h10-12H,7-9H2,1-6H3. The first kappa shape index (κ1) is 15.1. The van der Waals surface area contributed by atoms with Crippen molar-refractivity contribution >= 4 is 9.28 Å². The number of hydrogen-bond donors (Lipinski definition) is 0. The second-order valence-corrected chi connectivity index (χ2v) is 7.24. The van der Waals surface area contributed by atoms with Gasteiger partial charge in [0.1, 0.15) is 0 Å². The Morgan fingerprint density at radius 1 is 0.867 bits per heavy atom. The third-order valence-corrected chi connectivity index (χ3v) is 4.25. The van der Waals surface area contributed by atoms with Crippen LogP contribution in [0, 0.1) is 11.8 Å². The van der Waals surface area contributed by atoms with Gasteiger partial charge in [-0.3, -0.25) is 0 Å². The van der Waals surface area contributed by atoms with Crippen molar-refractivity contribution < 1.29 is 8.85 Å². The summed E-state index contributed by atoms with van der Waals surface area (Å²) in [6.45, 7) is 14.8. The highest BCUT2D eigenvalue weighted by Crippen LogP contribution is 2.17. The van der Waals surface area contributed by atoms with Crippen molar-refractivity contribution in [3.8, 4) is 0 Å². The number of rotatable bonds is 8. The molecule has 0 rings (SSSR count). The summed E-state index contributed by atoms with van der Waals surface area (Å²) >= 11 is 0. The first-order chi connectivity index (χ1) is 6.97. The molecule has 0 bridgehead atoms. The average molecular weight is 231 g/mol. The Morgan fingerprint density at radius 3 is 1.53 bits per heavy atom. The van der Waals surface area contributed by atoms with Crippen LogP contribution in [0.1, 0.15) is 48.0 Å². The minimum atomic E-state index is -1.06. The van der Waals surface area contributed by atoms with Crippen molar-refractivity contribution in [1.82, 2.24) is 0 Å². The quantitative estimate of drug-likeness (QED) is 0.594. The molecule has 2 nitrogen and oxygen atoms in total. The van der Waals surface area contributed by atoms with Gasteiger partial charge in [0.05, 0.1) is 0 Å². The molecule has 0 spiro atoms. The molecular formula is C12H27O2Si. The van der Waals surface area contributed by atoms with Crippen LogP contribution in [0.25, 0.3) is 0 Å². The van der Waals surface area contributed by atoms with E-state index in [0.717, 1.165) is 19.6 Å². The molecule has 3 heteroatoms. The Hall–Kier alpha value is 0.137. The smallest absolute Gasteiger partial charge is 0.387 e. The monoisotopic (exact) mass is 231 g/mol. The highest BCUT2D eigenvalue weighted by Gasteiger charge is 2.23. The van der Waals surface area contributed by atoms with Gasteiger partial charge in [-0.1, -0.05) is 48.0 Å². The van der Waals surface area contributed by atoms with Gasteiger partial charge in [-0.2, -0.15) is 0 Å². The van der Waals surface area contributed by atoms with Crippen molar-refractivity contribution in [2.45, 2.75) is 53.5 Å². The van der Waals surface area contributed by atoms with E-state index in [9.17, 15) is 0 Å². The summed E-state index contributed by atoms with van der Waals surface area (Å²) in [7, 11) is -1.06. The summed E-state index contributed by atoms with van der Waals surface area (Å²) in [5, 5.41) is 0. The molecule has 0 saturated heterocycles. The lowest BCUT2D eigenvalue weighted by molar-refractivity contribution is 0.156. The molecule has 0 heterocycles. The van der Waals surface area contributed by atoms with E-state index in [2.05, 4.69) is 41.5 Å². The molecule has 0 aliphatic carbocycles. The molecular weight excluding hydrogens is 204 g/mol. The van der Waals surface area contributed by atoms with Crippen LogP contribution in [0.15, 0.2) is 0 Å². The zero-order valence-corrected chi connectivity index (χ0v) is 12.2. The van der Waals surface area contributed by atoms with Crippen LogP contribution < -0.4 is 0 Å². The fourth-order valence-electron chi connectivity index (χ4n) is 0.990. The van der Waals surface area contributed by atoms with Crippen LogP contribution in [0.5, 0.6) is 0 Å². The van der Waals surface area contributed by atoms with E-state index >= 15 is 0 Å². The third kappa shape index (κ3) is 8.00. The van der Waals surface area contributed by atoms with Crippen molar-refractivity contribution in [2.75, 3.05) is 13.2 Å². The van der Waals surface area contributed by atoms with E-state index in [1.54, 1.807) is 0 Å². The first-order valence-electron chi connectivity index (χ1n) is 6.09. The Morgan fingerprint density at radius 2 is 1.27 bits per heavy atom. The van der Waals surface area contributed by atoms with Gasteiger partial charge in [0.2, 0.25) is 0 Å². The Balaban J connectivity index is 3.95. The second-order valence-electron chi connectivity index (χ2n) is 5.04. The summed E-state index contributed by atoms with van der Waals surface area (Å²) in [6.07, 6.45) is 1.14. The minimum absolute atomic E-state index is 0.576. The van der Waals surface area contributed by atoms with Gasteiger partial charge >= 0.3 is 9.28 Å². The van der Waals surface area contributed by atoms with Gasteiger partial charge < -0.3 is 8.85 Å². The maximum atomic E-state index is 5.89. The molecule has 0 saturated carbocycles. The summed E-state index contributed by atoms with van der Waals surface area (Å²) in [5.74, 6) is 1.19. The largest absolute Gasteiger partial charge is 0.393 e. The molecule has 0 aromatic heterocycles. The second kappa shape index (κ2) is 8.31. The normalized spacial score (nSPS) is 14.2. The van der Waals surface area contributed by atoms with E-state index in [0.29, 0.717) is 17.4 Å². The molecule has 0 amide bonds. The molecule has 1 unspecified atom stereocenters. The summed E-state index contributed by atoms with van der Waals surface area (Å²) in [4.78, 5) is 0. The lowest BCUT2D eigenvalue weighted by atomic mass is 10.2. The molecule has 15 heavy (non-hydrogen) atoms. The fraction of sp³-hybridized carbons (Fsp3) is 1.00. The summed E-state index contributed by atoms with van der Waals surface area (Å²) in [5.41, 5.74) is 0.576. The minimum Gasteiger partial charge on any atom is -0.393 e. The summed E-state index contributed by atoms with van der Waals surface area (Å²) < 4.78 is 11.8. The van der Waals surface area contributed by atoms with Crippen molar-refractivity contribution in [3.63, 3.8) is 0 Å². The Labute approximate surface area is 97.2 Å². The zero-order valence-electron chi connectivity index (χ0n) is 11.2. The lowest BCUT2D eigenvalue weighted by Crippen LogP contribution is -2.30. The molecule has 91 valence electrons. The molecule has 1 radical (unpaired) electrons. The van der Waals surface area contributed by atoms with Crippen LogP contribution >= 0.6 is 0 Å². The van der Waals surface area contributed by atoms with Crippen LogP contribution in [0.3, 0.4) is 0 Å². The predicted octanol–water partition coefficient (Wildman–Crippen LogP) is 3.62. The topological polar surface area (TPSA) is 18.5 Å². The zero-order chi connectivity index (χ0) is 11.8. The summed E-state index contributed by atoms with van der Waals surface area (Å²) in [6, 6.07) is 0. The molecule has 0 N–H and O–H groups in total. The van der Waals surface area contributed by atoms with Crippen molar-refractivity contribution in [1.29, 1.82) is 0 Å². The van der Waals surface area contributed by atoms with Crippen molar-refractivity contribution in [3.05, 3.63) is 0 Å². The Kier molecular flexibility index (Phi) is 8.38. The average Bonchev–Trinajstić information content (AvgIpc) is 2.16. The van der Waals surface area contributed by atoms with Gasteiger partial charge in [0.15, 0.2) is 0 Å². The molecule has 0 aliphatic rings. The van der Waals surface area contributed by atoms with E-state index in [-0.39, 0.29) is 0 Å². The van der Waals surface area contributed by atoms with Gasteiger partial charge in [-0.05, 0) is 11.8 Å². The fourth-order valence-corrected chi connectivity index (χ4v) is 2.97. The lowest BCUT2D eigenvalue weighted by Gasteiger charge is -2.22. The first-order valence-corrected chi connectivity index (χ1v) is 7.49. The highest BCUT2D eigenvalue weighted by atomic mass is 28.3. The third-order valence-electron chi connectivity index (χ3n) is 2.13. The maximum Gasteiger partial charge on any atom is 0.387 e. The van der Waals surface area contributed by atoms with Gasteiger partial charge in [0, 0.05) is 18.8 Å². The van der Waals surface area contributed by atoms with Crippen LogP contribution in [0.2, 0.25) is 5.54 Å². The Bertz CT molecular complexity index is 137. The number of hydrogen-bond acceptors (Lipinski definition) is 2. The molecule has 0 aromatic carbocycles. The highest BCUT2D eigenvalue weighted by molar-refractivity contribution is 6.46. The molecule has 1 atom stereocenters. The van der Waals surface area contributed by atoms with E-state index in [1.807, 2.05) is 0 Å². The molecule has 0 fully saturated rings. The van der Waals surface area contributed by atoms with Gasteiger partial charge in [-0.15, -0.1) is 0 Å². The van der Waals surface area contributed by atoms with Gasteiger partial charge in [-0.25, -0.2) is 0 Å². The van der Waals surface area contributed by atoms with Crippen LogP contribution in [-0.2, 0) is 8.85 Å². The van der Waals surface area contributed by atoms with E-state index < -0.39 is 9.28 Å².